The lowest BCUT2D eigenvalue weighted by Gasteiger charge is -2.11. The first-order chi connectivity index (χ1) is 14.0. The van der Waals surface area contributed by atoms with Crippen molar-refractivity contribution in [1.29, 1.82) is 0 Å². The Morgan fingerprint density at radius 2 is 1.79 bits per heavy atom. The number of amides is 2. The maximum atomic E-state index is 12.1. The second-order valence-corrected chi connectivity index (χ2v) is 8.04. The Kier molecular flexibility index (Phi) is 7.41. The van der Waals surface area contributed by atoms with E-state index in [2.05, 4.69) is 10.6 Å². The molecule has 2 N–H and O–H groups in total. The van der Waals surface area contributed by atoms with Gasteiger partial charge in [0.25, 0.3) is 0 Å². The van der Waals surface area contributed by atoms with Gasteiger partial charge in [-0.2, -0.15) is 11.8 Å². The SMILES string of the molecule is Cc1cccc(C)c1NC(=O)CCCSCC(=O)NCc1ccc2c(c1)OCO2. The summed E-state index contributed by atoms with van der Waals surface area (Å²) in [5.41, 5.74) is 3.99. The van der Waals surface area contributed by atoms with E-state index in [0.717, 1.165) is 40.3 Å². The lowest BCUT2D eigenvalue weighted by molar-refractivity contribution is -0.118. The van der Waals surface area contributed by atoms with Gasteiger partial charge in [-0.1, -0.05) is 24.3 Å². The third kappa shape index (κ3) is 6.15. The van der Waals surface area contributed by atoms with Crippen LogP contribution in [-0.2, 0) is 16.1 Å². The van der Waals surface area contributed by atoms with Gasteiger partial charge in [-0.25, -0.2) is 0 Å². The molecule has 0 radical (unpaired) electrons. The molecule has 2 amide bonds. The first-order valence-electron chi connectivity index (χ1n) is 9.62. The van der Waals surface area contributed by atoms with Gasteiger partial charge in [-0.3, -0.25) is 9.59 Å². The molecular formula is C22H26N2O4S. The quantitative estimate of drug-likeness (QED) is 0.611. The summed E-state index contributed by atoms with van der Waals surface area (Å²) in [6.07, 6.45) is 1.18. The first-order valence-corrected chi connectivity index (χ1v) is 10.8. The standard InChI is InChI=1S/C22H26N2O4S/c1-15-5-3-6-16(2)22(15)24-20(25)7-4-10-29-13-21(26)23-12-17-8-9-18-19(11-17)28-14-27-18/h3,5-6,8-9,11H,4,7,10,12-14H2,1-2H3,(H,23,26)(H,24,25). The van der Waals surface area contributed by atoms with Crippen molar-refractivity contribution in [2.75, 3.05) is 23.6 Å². The van der Waals surface area contributed by atoms with Gasteiger partial charge in [-0.05, 0) is 54.8 Å². The van der Waals surface area contributed by atoms with Crippen LogP contribution in [0.2, 0.25) is 0 Å². The van der Waals surface area contributed by atoms with Crippen LogP contribution < -0.4 is 20.1 Å². The number of carbonyl (C=O) groups is 2. The summed E-state index contributed by atoms with van der Waals surface area (Å²) in [4.78, 5) is 24.1. The molecule has 2 aromatic rings. The van der Waals surface area contributed by atoms with E-state index in [-0.39, 0.29) is 18.6 Å². The highest BCUT2D eigenvalue weighted by molar-refractivity contribution is 7.99. The minimum atomic E-state index is -0.0207. The largest absolute Gasteiger partial charge is 0.454 e. The van der Waals surface area contributed by atoms with E-state index < -0.39 is 0 Å². The zero-order chi connectivity index (χ0) is 20.6. The van der Waals surface area contributed by atoms with Crippen molar-refractivity contribution in [2.45, 2.75) is 33.2 Å². The highest BCUT2D eigenvalue weighted by atomic mass is 32.2. The first kappa shape index (κ1) is 21.0. The number of ether oxygens (including phenoxy) is 2. The van der Waals surface area contributed by atoms with Gasteiger partial charge in [0.1, 0.15) is 0 Å². The summed E-state index contributed by atoms with van der Waals surface area (Å²) < 4.78 is 10.6. The van der Waals surface area contributed by atoms with E-state index in [4.69, 9.17) is 9.47 Å². The lowest BCUT2D eigenvalue weighted by Crippen LogP contribution is -2.24. The number of carbonyl (C=O) groups excluding carboxylic acids is 2. The molecule has 154 valence electrons. The normalized spacial score (nSPS) is 11.9. The number of aryl methyl sites for hydroxylation is 2. The second kappa shape index (κ2) is 10.2. The number of fused-ring (bicyclic) bond motifs is 1. The average molecular weight is 415 g/mol. The molecule has 0 spiro atoms. The van der Waals surface area contributed by atoms with Crippen molar-refractivity contribution in [2.24, 2.45) is 0 Å². The van der Waals surface area contributed by atoms with Gasteiger partial charge in [-0.15, -0.1) is 0 Å². The molecule has 1 aliphatic heterocycles. The summed E-state index contributed by atoms with van der Waals surface area (Å²) in [5, 5.41) is 5.89. The van der Waals surface area contributed by atoms with Crippen molar-refractivity contribution in [3.8, 4) is 11.5 Å². The van der Waals surface area contributed by atoms with E-state index in [0.29, 0.717) is 24.5 Å². The predicted molar refractivity (Wildman–Crippen MR) is 116 cm³/mol. The molecule has 0 unspecified atom stereocenters. The highest BCUT2D eigenvalue weighted by Crippen LogP contribution is 2.32. The fourth-order valence-electron chi connectivity index (χ4n) is 3.02. The van der Waals surface area contributed by atoms with Crippen LogP contribution in [0.15, 0.2) is 36.4 Å². The van der Waals surface area contributed by atoms with Crippen molar-refractivity contribution in [3.05, 3.63) is 53.1 Å². The fraction of sp³-hybridized carbons (Fsp3) is 0.364. The minimum Gasteiger partial charge on any atom is -0.454 e. The van der Waals surface area contributed by atoms with Gasteiger partial charge < -0.3 is 20.1 Å². The maximum absolute atomic E-state index is 12.1. The predicted octanol–water partition coefficient (Wildman–Crippen LogP) is 3.80. The van der Waals surface area contributed by atoms with E-state index in [1.165, 1.54) is 11.8 Å². The molecule has 7 heteroatoms. The number of thioether (sulfide) groups is 1. The number of hydrogen-bond acceptors (Lipinski definition) is 5. The Morgan fingerprint density at radius 3 is 2.59 bits per heavy atom. The van der Waals surface area contributed by atoms with Crippen molar-refractivity contribution < 1.29 is 19.1 Å². The Morgan fingerprint density at radius 1 is 1.03 bits per heavy atom. The number of hydrogen-bond donors (Lipinski definition) is 2. The Bertz CT molecular complexity index is 865. The molecule has 0 saturated carbocycles. The number of anilines is 1. The van der Waals surface area contributed by atoms with E-state index in [9.17, 15) is 9.59 Å². The van der Waals surface area contributed by atoms with Crippen LogP contribution in [0.25, 0.3) is 0 Å². The molecule has 0 fully saturated rings. The molecule has 3 rings (SSSR count). The van der Waals surface area contributed by atoms with Crippen LogP contribution in [0.5, 0.6) is 11.5 Å². The van der Waals surface area contributed by atoms with E-state index >= 15 is 0 Å². The molecule has 6 nitrogen and oxygen atoms in total. The fourth-order valence-corrected chi connectivity index (χ4v) is 3.80. The highest BCUT2D eigenvalue weighted by Gasteiger charge is 2.13. The summed E-state index contributed by atoms with van der Waals surface area (Å²) in [6.45, 7) is 4.67. The molecule has 2 aromatic carbocycles. The third-order valence-electron chi connectivity index (χ3n) is 4.60. The number of para-hydroxylation sites is 1. The van der Waals surface area contributed by atoms with Crippen molar-refractivity contribution >= 4 is 29.3 Å². The molecule has 0 saturated heterocycles. The zero-order valence-electron chi connectivity index (χ0n) is 16.7. The third-order valence-corrected chi connectivity index (χ3v) is 5.64. The van der Waals surface area contributed by atoms with Crippen LogP contribution in [0.4, 0.5) is 5.69 Å². The van der Waals surface area contributed by atoms with Crippen molar-refractivity contribution in [3.63, 3.8) is 0 Å². The summed E-state index contributed by atoms with van der Waals surface area (Å²) >= 11 is 1.53. The van der Waals surface area contributed by atoms with Crippen LogP contribution in [-0.4, -0.2) is 30.1 Å². The Labute approximate surface area is 175 Å². The monoisotopic (exact) mass is 414 g/mol. The van der Waals surface area contributed by atoms with Gasteiger partial charge in [0.05, 0.1) is 5.75 Å². The Hall–Kier alpha value is -2.67. The molecule has 29 heavy (non-hydrogen) atoms. The summed E-state index contributed by atoms with van der Waals surface area (Å²) in [5.74, 6) is 2.58. The molecule has 0 aliphatic carbocycles. The van der Waals surface area contributed by atoms with Crippen LogP contribution >= 0.6 is 11.8 Å². The minimum absolute atomic E-state index is 0.00950. The van der Waals surface area contributed by atoms with Crippen LogP contribution in [0.3, 0.4) is 0 Å². The lowest BCUT2D eigenvalue weighted by atomic mass is 10.1. The maximum Gasteiger partial charge on any atom is 0.231 e. The van der Waals surface area contributed by atoms with Crippen LogP contribution in [0.1, 0.15) is 29.5 Å². The molecule has 1 heterocycles. The number of rotatable bonds is 9. The summed E-state index contributed by atoms with van der Waals surface area (Å²) in [6, 6.07) is 11.6. The molecule has 0 aromatic heterocycles. The second-order valence-electron chi connectivity index (χ2n) is 6.94. The molecular weight excluding hydrogens is 388 g/mol. The Balaban J connectivity index is 1.29. The van der Waals surface area contributed by atoms with E-state index in [1.54, 1.807) is 0 Å². The van der Waals surface area contributed by atoms with Gasteiger partial charge in [0, 0.05) is 18.7 Å². The topological polar surface area (TPSA) is 76.7 Å². The number of benzene rings is 2. The molecule has 0 atom stereocenters. The number of nitrogens with one attached hydrogen (secondary N) is 2. The van der Waals surface area contributed by atoms with Gasteiger partial charge in [0.15, 0.2) is 11.5 Å². The summed E-state index contributed by atoms with van der Waals surface area (Å²) in [7, 11) is 0. The smallest absolute Gasteiger partial charge is 0.231 e. The molecule has 1 aliphatic rings. The van der Waals surface area contributed by atoms with Crippen LogP contribution in [0, 0.1) is 13.8 Å². The average Bonchev–Trinajstić information content (AvgIpc) is 3.17. The zero-order valence-corrected chi connectivity index (χ0v) is 17.6. The van der Waals surface area contributed by atoms with E-state index in [1.807, 2.05) is 50.2 Å². The van der Waals surface area contributed by atoms with Gasteiger partial charge in [0.2, 0.25) is 18.6 Å². The molecule has 0 bridgehead atoms. The van der Waals surface area contributed by atoms with Gasteiger partial charge >= 0.3 is 0 Å². The van der Waals surface area contributed by atoms with Crippen molar-refractivity contribution in [1.82, 2.24) is 5.32 Å².